The Hall–Kier alpha value is -1.45. The van der Waals surface area contributed by atoms with E-state index in [2.05, 4.69) is 5.32 Å². The van der Waals surface area contributed by atoms with E-state index in [1.54, 1.807) is 13.8 Å². The largest absolute Gasteiger partial charge is 0.352 e. The van der Waals surface area contributed by atoms with Gasteiger partial charge in [0.1, 0.15) is 17.2 Å². The first kappa shape index (κ1) is 10.6. The van der Waals surface area contributed by atoms with Crippen molar-refractivity contribution in [1.82, 2.24) is 5.32 Å². The van der Waals surface area contributed by atoms with Gasteiger partial charge in [-0.05, 0) is 31.5 Å². The van der Waals surface area contributed by atoms with Crippen LogP contribution in [0.4, 0.5) is 8.78 Å². The van der Waals surface area contributed by atoms with Gasteiger partial charge in [-0.25, -0.2) is 8.78 Å². The molecule has 0 aliphatic heterocycles. The lowest BCUT2D eigenvalue weighted by atomic mass is 10.1. The molecule has 1 amide bonds. The van der Waals surface area contributed by atoms with Crippen LogP contribution < -0.4 is 5.32 Å². The molecule has 0 aromatic heterocycles. The molecule has 0 spiro atoms. The number of carbonyl (C=O) groups is 1. The Morgan fingerprint density at radius 1 is 1.36 bits per heavy atom. The predicted octanol–water partition coefficient (Wildman–Crippen LogP) is 2.02. The Kier molecular flexibility index (Phi) is 3.17. The maximum atomic E-state index is 13.2. The van der Waals surface area contributed by atoms with Gasteiger partial charge in [-0.1, -0.05) is 0 Å². The summed E-state index contributed by atoms with van der Waals surface area (Å²) in [4.78, 5) is 11.2. The molecule has 0 aliphatic rings. The summed E-state index contributed by atoms with van der Waals surface area (Å²) in [7, 11) is 0. The summed E-state index contributed by atoms with van der Waals surface area (Å²) in [6.07, 6.45) is 0. The van der Waals surface area contributed by atoms with Crippen molar-refractivity contribution in [2.24, 2.45) is 0 Å². The molecule has 14 heavy (non-hydrogen) atoms. The number of carbonyl (C=O) groups excluding carboxylic acids is 1. The van der Waals surface area contributed by atoms with Gasteiger partial charge in [-0.15, -0.1) is 0 Å². The first-order valence-electron chi connectivity index (χ1n) is 4.30. The van der Waals surface area contributed by atoms with Crippen molar-refractivity contribution in [2.45, 2.75) is 13.8 Å². The lowest BCUT2D eigenvalue weighted by Gasteiger charge is -2.05. The van der Waals surface area contributed by atoms with Crippen molar-refractivity contribution in [3.05, 3.63) is 34.9 Å². The number of benzene rings is 1. The van der Waals surface area contributed by atoms with Gasteiger partial charge in [0.2, 0.25) is 0 Å². The van der Waals surface area contributed by atoms with Crippen molar-refractivity contribution < 1.29 is 13.6 Å². The molecule has 4 heteroatoms. The Balaban J connectivity index is 3.14. The number of halogens is 2. The molecule has 1 N–H and O–H groups in total. The van der Waals surface area contributed by atoms with Crippen molar-refractivity contribution in [2.75, 3.05) is 6.54 Å². The zero-order chi connectivity index (χ0) is 10.7. The molecular formula is C10H11F2NO. The fourth-order valence-corrected chi connectivity index (χ4v) is 1.17. The van der Waals surface area contributed by atoms with E-state index in [9.17, 15) is 13.6 Å². The van der Waals surface area contributed by atoms with Gasteiger partial charge in [-0.3, -0.25) is 4.79 Å². The third-order valence-corrected chi connectivity index (χ3v) is 1.75. The van der Waals surface area contributed by atoms with Gasteiger partial charge in [-0.2, -0.15) is 0 Å². The lowest BCUT2D eigenvalue weighted by molar-refractivity contribution is 0.0947. The normalized spacial score (nSPS) is 10.0. The van der Waals surface area contributed by atoms with E-state index < -0.39 is 23.1 Å². The molecule has 0 saturated carbocycles. The summed E-state index contributed by atoms with van der Waals surface area (Å²) in [6.45, 7) is 3.58. The van der Waals surface area contributed by atoms with Gasteiger partial charge in [0.25, 0.3) is 5.91 Å². The van der Waals surface area contributed by atoms with Gasteiger partial charge in [0, 0.05) is 6.54 Å². The first-order chi connectivity index (χ1) is 6.56. The number of hydrogen-bond donors (Lipinski definition) is 1. The van der Waals surface area contributed by atoms with Gasteiger partial charge in [0.05, 0.1) is 0 Å². The molecule has 0 radical (unpaired) electrons. The predicted molar refractivity (Wildman–Crippen MR) is 49.1 cm³/mol. The monoisotopic (exact) mass is 199 g/mol. The fraction of sp³-hybridized carbons (Fsp3) is 0.300. The maximum absolute atomic E-state index is 13.2. The number of amides is 1. The third kappa shape index (κ3) is 2.07. The van der Waals surface area contributed by atoms with Crippen LogP contribution in [0, 0.1) is 18.6 Å². The van der Waals surface area contributed by atoms with Crippen molar-refractivity contribution >= 4 is 5.91 Å². The van der Waals surface area contributed by atoms with Crippen LogP contribution >= 0.6 is 0 Å². The van der Waals surface area contributed by atoms with E-state index in [1.165, 1.54) is 0 Å². The van der Waals surface area contributed by atoms with Crippen LogP contribution in [-0.2, 0) is 0 Å². The summed E-state index contributed by atoms with van der Waals surface area (Å²) < 4.78 is 26.4. The first-order valence-corrected chi connectivity index (χ1v) is 4.30. The summed E-state index contributed by atoms with van der Waals surface area (Å²) in [6, 6.07) is 2.27. The second-order valence-corrected chi connectivity index (χ2v) is 2.96. The molecule has 0 heterocycles. The number of rotatable bonds is 2. The maximum Gasteiger partial charge on any atom is 0.257 e. The van der Waals surface area contributed by atoms with Crippen LogP contribution in [-0.4, -0.2) is 12.5 Å². The number of aryl methyl sites for hydroxylation is 1. The minimum Gasteiger partial charge on any atom is -0.352 e. The second kappa shape index (κ2) is 4.17. The Bertz CT molecular complexity index is 340. The zero-order valence-electron chi connectivity index (χ0n) is 8.03. The molecule has 0 aliphatic carbocycles. The van der Waals surface area contributed by atoms with Crippen LogP contribution in [0.2, 0.25) is 0 Å². The Labute approximate surface area is 80.9 Å². The zero-order valence-corrected chi connectivity index (χ0v) is 8.03. The molecule has 1 aromatic carbocycles. The van der Waals surface area contributed by atoms with E-state index in [0.29, 0.717) is 12.1 Å². The van der Waals surface area contributed by atoms with Crippen molar-refractivity contribution in [3.63, 3.8) is 0 Å². The number of hydrogen-bond acceptors (Lipinski definition) is 1. The summed E-state index contributed by atoms with van der Waals surface area (Å²) in [5, 5.41) is 2.34. The smallest absolute Gasteiger partial charge is 0.257 e. The molecule has 0 saturated heterocycles. The van der Waals surface area contributed by atoms with Crippen LogP contribution in [0.3, 0.4) is 0 Å². The third-order valence-electron chi connectivity index (χ3n) is 1.75. The highest BCUT2D eigenvalue weighted by Crippen LogP contribution is 2.14. The van der Waals surface area contributed by atoms with Gasteiger partial charge < -0.3 is 5.32 Å². The van der Waals surface area contributed by atoms with Crippen LogP contribution in [0.15, 0.2) is 12.1 Å². The molecule has 76 valence electrons. The van der Waals surface area contributed by atoms with E-state index >= 15 is 0 Å². The second-order valence-electron chi connectivity index (χ2n) is 2.96. The van der Waals surface area contributed by atoms with Crippen LogP contribution in [0.5, 0.6) is 0 Å². The molecular weight excluding hydrogens is 188 g/mol. The average Bonchev–Trinajstić information content (AvgIpc) is 2.01. The topological polar surface area (TPSA) is 29.1 Å². The highest BCUT2D eigenvalue weighted by atomic mass is 19.1. The minimum atomic E-state index is -0.826. The fourth-order valence-electron chi connectivity index (χ4n) is 1.17. The molecule has 0 unspecified atom stereocenters. The SMILES string of the molecule is CCNC(=O)c1c(F)cc(C)cc1F. The van der Waals surface area contributed by atoms with Crippen LogP contribution in [0.1, 0.15) is 22.8 Å². The van der Waals surface area contributed by atoms with Gasteiger partial charge >= 0.3 is 0 Å². The Morgan fingerprint density at radius 2 is 1.86 bits per heavy atom. The highest BCUT2D eigenvalue weighted by Gasteiger charge is 2.16. The van der Waals surface area contributed by atoms with E-state index in [1.807, 2.05) is 0 Å². The minimum absolute atomic E-state index is 0.339. The molecule has 1 aromatic rings. The van der Waals surface area contributed by atoms with Crippen LogP contribution in [0.25, 0.3) is 0 Å². The standard InChI is InChI=1S/C10H11F2NO/c1-3-13-10(14)9-7(11)4-6(2)5-8(9)12/h4-5H,3H2,1-2H3,(H,13,14). The number of nitrogens with one attached hydrogen (secondary N) is 1. The van der Waals surface area contributed by atoms with E-state index in [4.69, 9.17) is 0 Å². The molecule has 1 rings (SSSR count). The van der Waals surface area contributed by atoms with E-state index in [-0.39, 0.29) is 0 Å². The molecule has 0 bridgehead atoms. The van der Waals surface area contributed by atoms with Crippen molar-refractivity contribution in [3.8, 4) is 0 Å². The van der Waals surface area contributed by atoms with Crippen molar-refractivity contribution in [1.29, 1.82) is 0 Å². The highest BCUT2D eigenvalue weighted by molar-refractivity contribution is 5.94. The summed E-state index contributed by atoms with van der Waals surface area (Å²) >= 11 is 0. The van der Waals surface area contributed by atoms with E-state index in [0.717, 1.165) is 12.1 Å². The van der Waals surface area contributed by atoms with Gasteiger partial charge in [0.15, 0.2) is 0 Å². The molecule has 0 fully saturated rings. The molecule has 0 atom stereocenters. The summed E-state index contributed by atoms with van der Waals surface area (Å²) in [5.41, 5.74) is -0.0644. The quantitative estimate of drug-likeness (QED) is 0.775. The average molecular weight is 199 g/mol. The summed E-state index contributed by atoms with van der Waals surface area (Å²) in [5.74, 6) is -2.37. The lowest BCUT2D eigenvalue weighted by Crippen LogP contribution is -2.25. The Morgan fingerprint density at radius 3 is 2.29 bits per heavy atom. The molecule has 2 nitrogen and oxygen atoms in total.